The molecule has 0 spiro atoms. The second kappa shape index (κ2) is 10.3. The predicted molar refractivity (Wildman–Crippen MR) is 138 cm³/mol. The number of aromatic nitrogens is 1. The summed E-state index contributed by atoms with van der Waals surface area (Å²) in [5, 5.41) is 12.4. The molecule has 3 aromatic rings. The van der Waals surface area contributed by atoms with Crippen molar-refractivity contribution in [1.82, 2.24) is 15.2 Å². The molecule has 1 aromatic heterocycles. The largest absolute Gasteiger partial charge is 0.480 e. The van der Waals surface area contributed by atoms with Crippen molar-refractivity contribution < 1.29 is 29.0 Å². The number of carbonyl (C=O) groups excluding carboxylic acids is 2. The molecule has 1 aliphatic heterocycles. The topological polar surface area (TPSA) is 118 Å². The van der Waals surface area contributed by atoms with Crippen molar-refractivity contribution in [1.29, 1.82) is 0 Å². The van der Waals surface area contributed by atoms with Crippen LogP contribution in [0.1, 0.15) is 36.5 Å². The van der Waals surface area contributed by atoms with E-state index in [2.05, 4.69) is 22.4 Å². The number of carboxylic acids is 1. The van der Waals surface area contributed by atoms with Crippen LogP contribution in [0.3, 0.4) is 0 Å². The van der Waals surface area contributed by atoms with Crippen LogP contribution in [-0.4, -0.2) is 64.0 Å². The second-order valence-corrected chi connectivity index (χ2v) is 9.91. The van der Waals surface area contributed by atoms with E-state index in [-0.39, 0.29) is 25.6 Å². The van der Waals surface area contributed by atoms with Gasteiger partial charge in [0.15, 0.2) is 6.04 Å². The Morgan fingerprint density at radius 2 is 1.74 bits per heavy atom. The lowest BCUT2D eigenvalue weighted by atomic mass is 9.98. The lowest BCUT2D eigenvalue weighted by Crippen LogP contribution is -2.58. The molecule has 2 N–H and O–H groups in total. The zero-order valence-corrected chi connectivity index (χ0v) is 21.2. The van der Waals surface area contributed by atoms with E-state index in [0.29, 0.717) is 5.56 Å². The molecule has 38 heavy (non-hydrogen) atoms. The summed E-state index contributed by atoms with van der Waals surface area (Å²) >= 11 is 0. The Morgan fingerprint density at radius 3 is 2.34 bits per heavy atom. The molecule has 2 heterocycles. The zero-order chi connectivity index (χ0) is 26.9. The van der Waals surface area contributed by atoms with Gasteiger partial charge in [0.1, 0.15) is 18.4 Å². The predicted octanol–water partition coefficient (Wildman–Crippen LogP) is 3.58. The normalized spacial score (nSPS) is 18.4. The molecule has 0 unspecified atom stereocenters. The van der Waals surface area contributed by atoms with Gasteiger partial charge in [0.25, 0.3) is 0 Å². The van der Waals surface area contributed by atoms with Crippen LogP contribution in [0.15, 0.2) is 73.1 Å². The molecule has 9 nitrogen and oxygen atoms in total. The molecule has 9 heteroatoms. The average molecular weight is 516 g/mol. The van der Waals surface area contributed by atoms with Gasteiger partial charge in [0.05, 0.1) is 6.61 Å². The van der Waals surface area contributed by atoms with Crippen molar-refractivity contribution in [2.45, 2.75) is 44.0 Å². The number of hydrogen-bond donors (Lipinski definition) is 2. The number of fused-ring (bicyclic) bond motifs is 3. The van der Waals surface area contributed by atoms with Crippen molar-refractivity contribution in [3.05, 3.63) is 89.7 Å². The van der Waals surface area contributed by atoms with Gasteiger partial charge in [-0.3, -0.25) is 14.7 Å². The number of benzene rings is 2. The van der Waals surface area contributed by atoms with Gasteiger partial charge in [0, 0.05) is 24.7 Å². The highest BCUT2D eigenvalue weighted by molar-refractivity contribution is 5.90. The van der Waals surface area contributed by atoms with E-state index in [4.69, 9.17) is 9.47 Å². The van der Waals surface area contributed by atoms with Crippen LogP contribution < -0.4 is 5.32 Å². The fourth-order valence-corrected chi connectivity index (χ4v) is 5.31. The molecule has 2 aromatic carbocycles. The molecule has 0 saturated carbocycles. The van der Waals surface area contributed by atoms with Gasteiger partial charge in [-0.15, -0.1) is 0 Å². The minimum atomic E-state index is -1.18. The first-order valence-electron chi connectivity index (χ1n) is 12.5. The fraction of sp³-hybridized carbons (Fsp3) is 0.310. The molecule has 5 rings (SSSR count). The molecular weight excluding hydrogens is 486 g/mol. The maximum atomic E-state index is 13.7. The van der Waals surface area contributed by atoms with Crippen LogP contribution in [-0.2, 0) is 25.5 Å². The van der Waals surface area contributed by atoms with Crippen molar-refractivity contribution in [3.8, 4) is 11.1 Å². The summed E-state index contributed by atoms with van der Waals surface area (Å²) in [7, 11) is 0. The highest BCUT2D eigenvalue weighted by Crippen LogP contribution is 2.44. The first-order valence-corrected chi connectivity index (χ1v) is 12.5. The highest BCUT2D eigenvalue weighted by Gasteiger charge is 2.49. The molecule has 196 valence electrons. The van der Waals surface area contributed by atoms with E-state index in [9.17, 15) is 19.5 Å². The summed E-state index contributed by atoms with van der Waals surface area (Å²) < 4.78 is 11.3. The van der Waals surface area contributed by atoms with Crippen molar-refractivity contribution in [2.75, 3.05) is 13.2 Å². The molecule has 2 amide bonds. The molecule has 0 radical (unpaired) electrons. The number of alkyl carbamates (subject to hydrolysis) is 1. The third-order valence-corrected chi connectivity index (χ3v) is 7.11. The smallest absolute Gasteiger partial charge is 0.407 e. The lowest BCUT2D eigenvalue weighted by molar-refractivity contribution is -0.156. The number of hydrogen-bond acceptors (Lipinski definition) is 6. The zero-order valence-electron chi connectivity index (χ0n) is 21.2. The molecule has 2 atom stereocenters. The van der Waals surface area contributed by atoms with Gasteiger partial charge in [-0.1, -0.05) is 54.6 Å². The summed E-state index contributed by atoms with van der Waals surface area (Å²) in [4.78, 5) is 43.9. The van der Waals surface area contributed by atoms with Gasteiger partial charge in [-0.25, -0.2) is 9.59 Å². The number of rotatable bonds is 7. The van der Waals surface area contributed by atoms with E-state index in [1.165, 1.54) is 4.90 Å². The van der Waals surface area contributed by atoms with E-state index in [1.807, 2.05) is 36.4 Å². The molecule has 2 aliphatic rings. The summed E-state index contributed by atoms with van der Waals surface area (Å²) in [6, 6.07) is 17.3. The van der Waals surface area contributed by atoms with Crippen molar-refractivity contribution >= 4 is 18.0 Å². The molecule has 1 aliphatic carbocycles. The Kier molecular flexibility index (Phi) is 6.86. The van der Waals surface area contributed by atoms with Crippen LogP contribution in [0.4, 0.5) is 4.79 Å². The van der Waals surface area contributed by atoms with Gasteiger partial charge >= 0.3 is 12.1 Å². The van der Waals surface area contributed by atoms with E-state index in [0.717, 1.165) is 22.3 Å². The first kappa shape index (κ1) is 25.4. The second-order valence-electron chi connectivity index (χ2n) is 9.91. The Balaban J connectivity index is 1.35. The summed E-state index contributed by atoms with van der Waals surface area (Å²) in [6.45, 7) is 3.20. The van der Waals surface area contributed by atoms with E-state index < -0.39 is 35.8 Å². The Bertz CT molecular complexity index is 1310. The third kappa shape index (κ3) is 4.84. The van der Waals surface area contributed by atoms with Gasteiger partial charge in [-0.05, 0) is 47.7 Å². The highest BCUT2D eigenvalue weighted by atomic mass is 16.6. The standard InChI is InChI=1S/C29H29N3O6/c1-29(2)32(25(17-38-29)27(34)35)26(33)24(14-18-8-7-13-30-15-18)31-28(36)37-16-23-21-11-5-3-9-19(21)20-10-4-6-12-22(20)23/h3-13,15,23-25H,14,16-17H2,1-2H3,(H,31,36)(H,34,35)/t24-,25+/m1/s1. The minimum absolute atomic E-state index is 0.0870. The van der Waals surface area contributed by atoms with Crippen molar-refractivity contribution in [2.24, 2.45) is 0 Å². The number of nitrogens with zero attached hydrogens (tertiary/aromatic N) is 2. The minimum Gasteiger partial charge on any atom is -0.480 e. The average Bonchev–Trinajstić information content (AvgIpc) is 3.41. The summed E-state index contributed by atoms with van der Waals surface area (Å²) in [6.07, 6.45) is 2.55. The van der Waals surface area contributed by atoms with Crippen LogP contribution in [0, 0.1) is 0 Å². The number of nitrogens with one attached hydrogen (secondary N) is 1. The number of carboxylic acid groups (broad SMARTS) is 1. The lowest BCUT2D eigenvalue weighted by Gasteiger charge is -2.35. The van der Waals surface area contributed by atoms with Crippen LogP contribution in [0.25, 0.3) is 11.1 Å². The number of amides is 2. The van der Waals surface area contributed by atoms with E-state index >= 15 is 0 Å². The summed E-state index contributed by atoms with van der Waals surface area (Å²) in [5.74, 6) is -1.88. The van der Waals surface area contributed by atoms with Gasteiger partial charge in [0.2, 0.25) is 5.91 Å². The molecule has 1 saturated heterocycles. The van der Waals surface area contributed by atoms with E-state index in [1.54, 1.807) is 38.4 Å². The fourth-order valence-electron chi connectivity index (χ4n) is 5.31. The van der Waals surface area contributed by atoms with Crippen molar-refractivity contribution in [3.63, 3.8) is 0 Å². The van der Waals surface area contributed by atoms with Gasteiger partial charge < -0.3 is 19.9 Å². The number of ether oxygens (including phenoxy) is 2. The van der Waals surface area contributed by atoms with Crippen LogP contribution in [0.2, 0.25) is 0 Å². The molecular formula is C29H29N3O6. The monoisotopic (exact) mass is 515 g/mol. The Morgan fingerprint density at radius 1 is 1.08 bits per heavy atom. The van der Waals surface area contributed by atoms with Gasteiger partial charge in [-0.2, -0.15) is 0 Å². The Labute approximate surface area is 220 Å². The maximum Gasteiger partial charge on any atom is 0.407 e. The number of carbonyl (C=O) groups is 3. The summed E-state index contributed by atoms with van der Waals surface area (Å²) in [5.41, 5.74) is 3.91. The number of aliphatic carboxylic acids is 1. The maximum absolute atomic E-state index is 13.7. The number of pyridine rings is 1. The van der Waals surface area contributed by atoms with Crippen LogP contribution >= 0.6 is 0 Å². The van der Waals surface area contributed by atoms with Crippen LogP contribution in [0.5, 0.6) is 0 Å². The molecule has 0 bridgehead atoms. The third-order valence-electron chi connectivity index (χ3n) is 7.11. The SMILES string of the molecule is CC1(C)OC[C@@H](C(=O)O)N1C(=O)[C@@H](Cc1cccnc1)NC(=O)OCC1c2ccccc2-c2ccccc21. The Hall–Kier alpha value is -4.24. The first-order chi connectivity index (χ1) is 18.3. The quantitative estimate of drug-likeness (QED) is 0.494. The molecule has 1 fully saturated rings.